The highest BCUT2D eigenvalue weighted by molar-refractivity contribution is 5.89. The Bertz CT molecular complexity index is 1790. The maximum atomic E-state index is 11.9. The lowest BCUT2D eigenvalue weighted by molar-refractivity contribution is -0.142. The summed E-state index contributed by atoms with van der Waals surface area (Å²) in [6.07, 6.45) is 0.746. The summed E-state index contributed by atoms with van der Waals surface area (Å²) in [6.45, 7) is 5.62. The van der Waals surface area contributed by atoms with Crippen molar-refractivity contribution in [2.75, 3.05) is 18.4 Å². The van der Waals surface area contributed by atoms with E-state index in [1.54, 1.807) is 12.1 Å². The molecule has 0 saturated heterocycles. The van der Waals surface area contributed by atoms with Crippen LogP contribution in [0.4, 0.5) is 20.1 Å². The van der Waals surface area contributed by atoms with Crippen LogP contribution in [0.2, 0.25) is 0 Å². The first kappa shape index (κ1) is 56.0. The van der Waals surface area contributed by atoms with Crippen LogP contribution < -0.4 is 37.2 Å². The molecule has 0 aliphatic heterocycles. The average molecular weight is 892 g/mol. The minimum absolute atomic E-state index is 0. The molecule has 0 saturated carbocycles. The number of hydrogen-bond donors (Lipinski definition) is 13. The van der Waals surface area contributed by atoms with Crippen LogP contribution in [0.15, 0.2) is 48.5 Å². The van der Waals surface area contributed by atoms with Gasteiger partial charge in [-0.05, 0) is 89.5 Å². The van der Waals surface area contributed by atoms with Crippen molar-refractivity contribution in [1.29, 1.82) is 0 Å². The zero-order valence-corrected chi connectivity index (χ0v) is 34.5. The third-order valence-corrected chi connectivity index (χ3v) is 8.77. The van der Waals surface area contributed by atoms with E-state index >= 15 is 0 Å². The largest absolute Gasteiger partial charge is 0.481 e. The van der Waals surface area contributed by atoms with Crippen molar-refractivity contribution >= 4 is 59.6 Å². The van der Waals surface area contributed by atoms with Crippen LogP contribution >= 0.6 is 0 Å². The summed E-state index contributed by atoms with van der Waals surface area (Å²) in [7, 11) is 0. The van der Waals surface area contributed by atoms with E-state index in [1.165, 1.54) is 5.56 Å². The van der Waals surface area contributed by atoms with Gasteiger partial charge in [-0.2, -0.15) is 0 Å². The topological polar surface area (TPSA) is 359 Å². The lowest BCUT2D eigenvalue weighted by Gasteiger charge is -2.18. The Hall–Kier alpha value is -6.97. The lowest BCUT2D eigenvalue weighted by atomic mass is 10.1. The van der Waals surface area contributed by atoms with Crippen molar-refractivity contribution in [1.82, 2.24) is 31.9 Å². The molecule has 13 N–H and O–H groups in total. The van der Waals surface area contributed by atoms with Gasteiger partial charge in [0.05, 0.1) is 0 Å². The summed E-state index contributed by atoms with van der Waals surface area (Å²) in [5.74, 6) is -7.76. The molecule has 2 aromatic rings. The van der Waals surface area contributed by atoms with Gasteiger partial charge < -0.3 is 67.9 Å². The van der Waals surface area contributed by atoms with Crippen LogP contribution in [0.5, 0.6) is 0 Å². The van der Waals surface area contributed by atoms with E-state index in [1.807, 2.05) is 50.2 Å². The van der Waals surface area contributed by atoms with E-state index in [9.17, 15) is 53.4 Å². The first-order chi connectivity index (χ1) is 29.3. The molecule has 0 unspecified atom stereocenters. The molecular weight excluding hydrogens is 830 g/mol. The number of unbranched alkanes of at least 4 members (excludes halogenated alkanes) is 2. The molecule has 0 aromatic heterocycles. The number of rotatable bonds is 27. The van der Waals surface area contributed by atoms with Crippen molar-refractivity contribution < 1.29 is 73.8 Å². The van der Waals surface area contributed by atoms with Gasteiger partial charge in [0.1, 0.15) is 24.2 Å². The van der Waals surface area contributed by atoms with Gasteiger partial charge in [0.25, 0.3) is 0 Å². The standard InChI is InChI=1S/C20H28N4O8.C20H29N3O7.CH4/c1-12-5-7-13(8-6-12)22-19(31)21-11-3-2-4-14(17(27)28)23-20(32)24-15(18(29)30)9-10-16(25)26;1-13-5-7-14(8-6-13)12-21-11-3-2-4-15(18(26)27)22-20(30)23-16(19(28)29)9-10-17(24)25;/h5-8,14-15H,2-4,9-11H2,1H3,(H,25,26)(H,27,28)(H,29,30)(H2,21,22,31)(H2,23,24,32);5-8,15-16,21H,2-4,9-12H2,1H3,(H,24,25)(H,26,27)(H,28,29)(H2,22,23,30);1H4/t14-,15-;15-,16-;/m00./s1. The highest BCUT2D eigenvalue weighted by atomic mass is 16.4. The molecular formula is C41H61N7O15. The predicted octanol–water partition coefficient (Wildman–Crippen LogP) is 3.32. The molecule has 63 heavy (non-hydrogen) atoms. The number of aryl methyl sites for hydroxylation is 2. The van der Waals surface area contributed by atoms with Crippen molar-refractivity contribution in [3.63, 3.8) is 0 Å². The molecule has 4 atom stereocenters. The van der Waals surface area contributed by atoms with E-state index in [2.05, 4.69) is 37.2 Å². The predicted molar refractivity (Wildman–Crippen MR) is 228 cm³/mol. The van der Waals surface area contributed by atoms with Gasteiger partial charge in [0, 0.05) is 31.6 Å². The molecule has 22 nitrogen and oxygen atoms in total. The highest BCUT2D eigenvalue weighted by Gasteiger charge is 2.26. The van der Waals surface area contributed by atoms with Crippen LogP contribution in [0, 0.1) is 13.8 Å². The number of carboxylic acid groups (broad SMARTS) is 6. The maximum absolute atomic E-state index is 11.9. The Morgan fingerprint density at radius 1 is 0.476 bits per heavy atom. The summed E-state index contributed by atoms with van der Waals surface area (Å²) in [5, 5.41) is 71.0. The second-order valence-electron chi connectivity index (χ2n) is 14.1. The van der Waals surface area contributed by atoms with Crippen LogP contribution in [0.25, 0.3) is 0 Å². The molecule has 22 heteroatoms. The summed E-state index contributed by atoms with van der Waals surface area (Å²) in [4.78, 5) is 102. The molecule has 0 spiro atoms. The van der Waals surface area contributed by atoms with Gasteiger partial charge in [-0.3, -0.25) is 9.59 Å². The Morgan fingerprint density at radius 2 is 0.841 bits per heavy atom. The van der Waals surface area contributed by atoms with Gasteiger partial charge in [0.2, 0.25) is 0 Å². The number of benzene rings is 2. The molecule has 0 fully saturated rings. The van der Waals surface area contributed by atoms with Gasteiger partial charge in [-0.1, -0.05) is 55.0 Å². The number of amides is 6. The third kappa shape index (κ3) is 26.8. The Balaban J connectivity index is 0.00000120. The van der Waals surface area contributed by atoms with E-state index < -0.39 is 90.9 Å². The molecule has 2 aromatic carbocycles. The molecule has 2 rings (SSSR count). The molecule has 0 heterocycles. The zero-order chi connectivity index (χ0) is 46.6. The number of aliphatic carboxylic acids is 6. The summed E-state index contributed by atoms with van der Waals surface area (Å²) < 4.78 is 0. The SMILES string of the molecule is C.Cc1ccc(CNCCCC[C@H](NC(=O)N[C@@H](CCC(=O)O)C(=O)O)C(=O)O)cc1.Cc1ccc(NC(=O)NCCCC[C@H](NC(=O)N[C@@H](CCC(=O)O)C(=O)O)C(=O)O)cc1. The number of carboxylic acids is 6. The second-order valence-corrected chi connectivity index (χ2v) is 14.1. The van der Waals surface area contributed by atoms with E-state index in [0.29, 0.717) is 44.5 Å². The fraction of sp³-hybridized carbons (Fsp3) is 0.488. The van der Waals surface area contributed by atoms with Gasteiger partial charge in [-0.25, -0.2) is 33.6 Å². The molecule has 0 aliphatic rings. The fourth-order valence-corrected chi connectivity index (χ4v) is 5.31. The number of carbonyl (C=O) groups is 9. The highest BCUT2D eigenvalue weighted by Crippen LogP contribution is 2.09. The first-order valence-corrected chi connectivity index (χ1v) is 19.6. The van der Waals surface area contributed by atoms with Gasteiger partial charge in [-0.15, -0.1) is 0 Å². The average Bonchev–Trinajstić information content (AvgIpc) is 3.19. The van der Waals surface area contributed by atoms with E-state index in [0.717, 1.165) is 11.1 Å². The normalized spacial score (nSPS) is 12.2. The van der Waals surface area contributed by atoms with Crippen LogP contribution in [0.1, 0.15) is 88.3 Å². The number of hydrogen-bond acceptors (Lipinski definition) is 10. The Labute approximate surface area is 364 Å². The Morgan fingerprint density at radius 3 is 1.22 bits per heavy atom. The number of carbonyl (C=O) groups excluding carboxylic acids is 3. The molecule has 6 amide bonds. The van der Waals surface area contributed by atoms with Gasteiger partial charge >= 0.3 is 53.9 Å². The number of urea groups is 3. The zero-order valence-electron chi connectivity index (χ0n) is 34.5. The smallest absolute Gasteiger partial charge is 0.326 e. The first-order valence-electron chi connectivity index (χ1n) is 19.6. The summed E-state index contributed by atoms with van der Waals surface area (Å²) in [5.41, 5.74) is 4.03. The minimum Gasteiger partial charge on any atom is -0.481 e. The van der Waals surface area contributed by atoms with E-state index in [4.69, 9.17) is 20.4 Å². The minimum atomic E-state index is -1.46. The van der Waals surface area contributed by atoms with Crippen LogP contribution in [-0.2, 0) is 35.3 Å². The summed E-state index contributed by atoms with van der Waals surface area (Å²) in [6, 6.07) is 7.66. The van der Waals surface area contributed by atoms with Crippen molar-refractivity contribution in [2.24, 2.45) is 0 Å². The third-order valence-electron chi connectivity index (χ3n) is 8.77. The van der Waals surface area contributed by atoms with E-state index in [-0.39, 0.29) is 39.7 Å². The number of nitrogens with one attached hydrogen (secondary N) is 7. The second kappa shape index (κ2) is 31.0. The quantitative estimate of drug-likeness (QED) is 0.0572. The van der Waals surface area contributed by atoms with Crippen LogP contribution in [-0.4, -0.2) is 122 Å². The van der Waals surface area contributed by atoms with Crippen molar-refractivity contribution in [3.8, 4) is 0 Å². The monoisotopic (exact) mass is 891 g/mol. The number of anilines is 1. The summed E-state index contributed by atoms with van der Waals surface area (Å²) >= 11 is 0. The molecule has 0 radical (unpaired) electrons. The fourth-order valence-electron chi connectivity index (χ4n) is 5.31. The van der Waals surface area contributed by atoms with Crippen molar-refractivity contribution in [3.05, 3.63) is 65.2 Å². The van der Waals surface area contributed by atoms with Crippen molar-refractivity contribution in [2.45, 2.75) is 116 Å². The Kier molecular flexibility index (Phi) is 27.5. The molecule has 0 bridgehead atoms. The van der Waals surface area contributed by atoms with Gasteiger partial charge in [0.15, 0.2) is 0 Å². The molecule has 350 valence electrons. The lowest BCUT2D eigenvalue weighted by Crippen LogP contribution is -2.51. The van der Waals surface area contributed by atoms with Crippen LogP contribution in [0.3, 0.4) is 0 Å². The maximum Gasteiger partial charge on any atom is 0.326 e. The molecule has 0 aliphatic carbocycles.